The van der Waals surface area contributed by atoms with E-state index in [2.05, 4.69) is 217 Å². The van der Waals surface area contributed by atoms with Gasteiger partial charge in [0.2, 0.25) is 0 Å². The maximum absolute atomic E-state index is 2.42. The molecule has 56 heavy (non-hydrogen) atoms. The summed E-state index contributed by atoms with van der Waals surface area (Å²) in [6.07, 6.45) is 0. The first kappa shape index (κ1) is 32.4. The molecule has 0 unspecified atom stereocenters. The molecule has 1 aromatic heterocycles. The first-order valence-electron chi connectivity index (χ1n) is 19.2. The van der Waals surface area contributed by atoms with E-state index in [0.717, 1.165) is 17.1 Å². The van der Waals surface area contributed by atoms with E-state index in [1.54, 1.807) is 0 Å². The fourth-order valence-corrected chi connectivity index (χ4v) is 9.80. The highest BCUT2D eigenvalue weighted by Crippen LogP contribution is 2.45. The largest absolute Gasteiger partial charge is 0.310 e. The third-order valence-corrected chi connectivity index (χ3v) is 12.4. The molecule has 1 nitrogen and oxygen atoms in total. The lowest BCUT2D eigenvalue weighted by Crippen LogP contribution is -2.11. The lowest BCUT2D eigenvalue weighted by atomic mass is 9.93. The van der Waals surface area contributed by atoms with Gasteiger partial charge in [0.25, 0.3) is 0 Å². The average Bonchev–Trinajstić information content (AvgIpc) is 3.66. The molecule has 11 rings (SSSR count). The molecule has 0 atom stereocenters. The van der Waals surface area contributed by atoms with E-state index in [1.165, 1.54) is 85.9 Å². The lowest BCUT2D eigenvalue weighted by molar-refractivity contribution is 1.28. The van der Waals surface area contributed by atoms with E-state index in [0.29, 0.717) is 0 Å². The molecule has 0 spiro atoms. The molecule has 0 N–H and O–H groups in total. The molecule has 1 heterocycles. The van der Waals surface area contributed by atoms with Crippen molar-refractivity contribution in [2.45, 2.75) is 0 Å². The van der Waals surface area contributed by atoms with Crippen LogP contribution in [0.1, 0.15) is 0 Å². The molecule has 262 valence electrons. The SMILES string of the molecule is c1ccc(N(c2ccc(-c3cc4ccccc4c4ccccc34)cc2)c2ccc(-c3cccc4sc5ccccc5c34)cc2)c(-c2cccc3ccccc23)c1. The fraction of sp³-hybridized carbons (Fsp3) is 0. The highest BCUT2D eigenvalue weighted by molar-refractivity contribution is 7.25. The van der Waals surface area contributed by atoms with Crippen LogP contribution in [-0.2, 0) is 0 Å². The maximum Gasteiger partial charge on any atom is 0.0540 e. The van der Waals surface area contributed by atoms with Gasteiger partial charge in [0, 0.05) is 37.1 Å². The highest BCUT2D eigenvalue weighted by atomic mass is 32.1. The maximum atomic E-state index is 2.42. The Hall–Kier alpha value is -7.00. The van der Waals surface area contributed by atoms with Crippen LogP contribution in [0, 0.1) is 0 Å². The molecule has 0 aliphatic rings. The number of benzene rings is 10. The summed E-state index contributed by atoms with van der Waals surface area (Å²) in [5, 5.41) is 10.2. The summed E-state index contributed by atoms with van der Waals surface area (Å²) < 4.78 is 2.64. The van der Waals surface area contributed by atoms with Crippen LogP contribution >= 0.6 is 11.3 Å². The Morgan fingerprint density at radius 3 is 1.61 bits per heavy atom. The van der Waals surface area contributed by atoms with Crippen molar-refractivity contribution in [1.82, 2.24) is 0 Å². The van der Waals surface area contributed by atoms with Gasteiger partial charge in [-0.2, -0.15) is 0 Å². The van der Waals surface area contributed by atoms with Crippen LogP contribution in [0.2, 0.25) is 0 Å². The Balaban J connectivity index is 1.08. The topological polar surface area (TPSA) is 3.24 Å². The minimum Gasteiger partial charge on any atom is -0.310 e. The van der Waals surface area contributed by atoms with Crippen LogP contribution in [0.3, 0.4) is 0 Å². The van der Waals surface area contributed by atoms with Gasteiger partial charge in [-0.05, 0) is 109 Å². The average molecular weight is 730 g/mol. The standard InChI is InChI=1S/C54H35NS/c1-3-16-42-36(13-1)15-11-23-46(42)48-20-7-9-24-51(48)55(40-31-27-37(28-32-40)44-22-12-26-53-54(44)49-21-8-10-25-52(49)56-53)41-33-29-38(30-34-41)50-35-39-14-2-4-17-43(39)45-18-5-6-19-47(45)50/h1-35H. The molecular formula is C54H35NS. The second-order valence-electron chi connectivity index (χ2n) is 14.4. The van der Waals surface area contributed by atoms with Crippen molar-refractivity contribution in [3.63, 3.8) is 0 Å². The summed E-state index contributed by atoms with van der Waals surface area (Å²) in [7, 11) is 0. The van der Waals surface area contributed by atoms with Gasteiger partial charge in [-0.25, -0.2) is 0 Å². The van der Waals surface area contributed by atoms with E-state index >= 15 is 0 Å². The van der Waals surface area contributed by atoms with Crippen LogP contribution in [0.15, 0.2) is 212 Å². The summed E-state index contributed by atoms with van der Waals surface area (Å²) in [6, 6.07) is 77.7. The number of anilines is 3. The number of nitrogens with zero attached hydrogens (tertiary/aromatic N) is 1. The van der Waals surface area contributed by atoms with Crippen molar-refractivity contribution < 1.29 is 0 Å². The van der Waals surface area contributed by atoms with Crippen LogP contribution in [-0.4, -0.2) is 0 Å². The van der Waals surface area contributed by atoms with Crippen molar-refractivity contribution >= 4 is 80.9 Å². The quantitative estimate of drug-likeness (QED) is 0.154. The minimum atomic E-state index is 1.10. The summed E-state index contributed by atoms with van der Waals surface area (Å²) in [6.45, 7) is 0. The molecular weight excluding hydrogens is 695 g/mol. The van der Waals surface area contributed by atoms with Crippen molar-refractivity contribution in [1.29, 1.82) is 0 Å². The van der Waals surface area contributed by atoms with Crippen molar-refractivity contribution in [3.05, 3.63) is 212 Å². The smallest absolute Gasteiger partial charge is 0.0540 e. The third-order valence-electron chi connectivity index (χ3n) is 11.3. The molecule has 0 amide bonds. The molecule has 11 aromatic rings. The monoisotopic (exact) mass is 729 g/mol. The summed E-state index contributed by atoms with van der Waals surface area (Å²) in [4.78, 5) is 2.42. The van der Waals surface area contributed by atoms with Crippen molar-refractivity contribution in [3.8, 4) is 33.4 Å². The number of fused-ring (bicyclic) bond motifs is 7. The Bertz CT molecular complexity index is 3240. The predicted molar refractivity (Wildman–Crippen MR) is 243 cm³/mol. The Morgan fingerprint density at radius 2 is 0.821 bits per heavy atom. The molecule has 2 heteroatoms. The zero-order valence-electron chi connectivity index (χ0n) is 30.6. The van der Waals surface area contributed by atoms with Gasteiger partial charge in [-0.3, -0.25) is 0 Å². The Labute approximate surface area is 330 Å². The molecule has 0 aliphatic carbocycles. The number of thiophene rings is 1. The van der Waals surface area contributed by atoms with Crippen LogP contribution in [0.4, 0.5) is 17.1 Å². The number of para-hydroxylation sites is 1. The molecule has 10 aromatic carbocycles. The second-order valence-corrected chi connectivity index (χ2v) is 15.5. The fourth-order valence-electron chi connectivity index (χ4n) is 8.67. The van der Waals surface area contributed by atoms with Crippen LogP contribution in [0.25, 0.3) is 85.9 Å². The predicted octanol–water partition coefficient (Wildman–Crippen LogP) is 16.0. The van der Waals surface area contributed by atoms with Crippen molar-refractivity contribution in [2.75, 3.05) is 4.90 Å². The second kappa shape index (κ2) is 13.4. The van der Waals surface area contributed by atoms with Crippen molar-refractivity contribution in [2.24, 2.45) is 0 Å². The molecule has 0 aliphatic heterocycles. The normalized spacial score (nSPS) is 11.6. The summed E-state index contributed by atoms with van der Waals surface area (Å²) in [5.41, 5.74) is 10.7. The summed E-state index contributed by atoms with van der Waals surface area (Å²) >= 11 is 1.87. The number of rotatable bonds is 6. The first-order chi connectivity index (χ1) is 27.8. The van der Waals surface area contributed by atoms with E-state index < -0.39 is 0 Å². The Kier molecular flexibility index (Phi) is 7.75. The van der Waals surface area contributed by atoms with Crippen LogP contribution in [0.5, 0.6) is 0 Å². The Morgan fingerprint density at radius 1 is 0.304 bits per heavy atom. The van der Waals surface area contributed by atoms with Gasteiger partial charge in [-0.15, -0.1) is 11.3 Å². The van der Waals surface area contributed by atoms with E-state index in [-0.39, 0.29) is 0 Å². The molecule has 0 radical (unpaired) electrons. The van der Waals surface area contributed by atoms with Gasteiger partial charge >= 0.3 is 0 Å². The first-order valence-corrected chi connectivity index (χ1v) is 20.0. The zero-order valence-corrected chi connectivity index (χ0v) is 31.4. The lowest BCUT2D eigenvalue weighted by Gasteiger charge is -2.28. The van der Waals surface area contributed by atoms with E-state index in [1.807, 2.05) is 11.3 Å². The van der Waals surface area contributed by atoms with Gasteiger partial charge in [0.05, 0.1) is 5.69 Å². The summed E-state index contributed by atoms with van der Waals surface area (Å²) in [5.74, 6) is 0. The van der Waals surface area contributed by atoms with Gasteiger partial charge in [0.15, 0.2) is 0 Å². The zero-order chi connectivity index (χ0) is 37.0. The third kappa shape index (κ3) is 5.38. The minimum absolute atomic E-state index is 1.10. The highest BCUT2D eigenvalue weighted by Gasteiger charge is 2.20. The molecule has 0 bridgehead atoms. The molecule has 0 saturated heterocycles. The number of hydrogen-bond acceptors (Lipinski definition) is 2. The number of hydrogen-bond donors (Lipinski definition) is 0. The van der Waals surface area contributed by atoms with Gasteiger partial charge < -0.3 is 4.90 Å². The van der Waals surface area contributed by atoms with Crippen LogP contribution < -0.4 is 4.90 Å². The van der Waals surface area contributed by atoms with E-state index in [4.69, 9.17) is 0 Å². The van der Waals surface area contributed by atoms with Gasteiger partial charge in [-0.1, -0.05) is 164 Å². The molecule has 0 fully saturated rings. The molecule has 0 saturated carbocycles. The van der Waals surface area contributed by atoms with E-state index in [9.17, 15) is 0 Å². The van der Waals surface area contributed by atoms with Gasteiger partial charge in [0.1, 0.15) is 0 Å².